The van der Waals surface area contributed by atoms with E-state index in [9.17, 15) is 8.42 Å². The molecule has 0 amide bonds. The van der Waals surface area contributed by atoms with E-state index in [-0.39, 0.29) is 28.9 Å². The van der Waals surface area contributed by atoms with Crippen molar-refractivity contribution in [3.63, 3.8) is 0 Å². The van der Waals surface area contributed by atoms with Crippen LogP contribution in [-0.4, -0.2) is 36.8 Å². The van der Waals surface area contributed by atoms with Crippen LogP contribution in [0.1, 0.15) is 0 Å². The van der Waals surface area contributed by atoms with Gasteiger partial charge in [-0.05, 0) is 12.1 Å². The zero-order valence-corrected chi connectivity index (χ0v) is 8.96. The summed E-state index contributed by atoms with van der Waals surface area (Å²) in [5, 5.41) is 0.380. The van der Waals surface area contributed by atoms with E-state index in [1.54, 1.807) is 24.3 Å². The van der Waals surface area contributed by atoms with Crippen LogP contribution in [-0.2, 0) is 10.1 Å². The van der Waals surface area contributed by atoms with E-state index >= 15 is 0 Å². The molecule has 16 heavy (non-hydrogen) atoms. The normalized spacial score (nSPS) is 11.1. The molecule has 0 saturated heterocycles. The standard InChI is InChI=1S/C9H6ClNO3S.Li.H/c10-9-8(15(12,13)14)5-6-3-1-2-4-7(6)11-9;;/h1-5H,(H,12,13,14);;. The summed E-state index contributed by atoms with van der Waals surface area (Å²) in [4.78, 5) is 3.50. The van der Waals surface area contributed by atoms with Crippen LogP contribution >= 0.6 is 11.6 Å². The van der Waals surface area contributed by atoms with Crippen LogP contribution < -0.4 is 0 Å². The molecule has 80 valence electrons. The Hall–Kier alpha value is -0.573. The Labute approximate surface area is 110 Å². The molecule has 0 radical (unpaired) electrons. The van der Waals surface area contributed by atoms with Gasteiger partial charge in [0.2, 0.25) is 0 Å². The fourth-order valence-electron chi connectivity index (χ4n) is 1.25. The summed E-state index contributed by atoms with van der Waals surface area (Å²) in [6.45, 7) is 0. The molecule has 0 atom stereocenters. The molecular formula is C9H7ClLiNO3S. The number of nitrogens with zero attached hydrogens (tertiary/aromatic N) is 1. The van der Waals surface area contributed by atoms with Crippen molar-refractivity contribution in [3.8, 4) is 0 Å². The fourth-order valence-corrected chi connectivity index (χ4v) is 2.23. The van der Waals surface area contributed by atoms with E-state index in [1.165, 1.54) is 6.07 Å². The minimum atomic E-state index is -4.32. The number of hydrogen-bond acceptors (Lipinski definition) is 3. The monoisotopic (exact) mass is 251 g/mol. The van der Waals surface area contributed by atoms with Gasteiger partial charge in [0.05, 0.1) is 5.52 Å². The maximum absolute atomic E-state index is 10.9. The molecule has 4 nitrogen and oxygen atoms in total. The van der Waals surface area contributed by atoms with Crippen LogP contribution in [0.4, 0.5) is 0 Å². The Bertz CT molecular complexity index is 630. The van der Waals surface area contributed by atoms with Gasteiger partial charge in [-0.25, -0.2) is 4.98 Å². The van der Waals surface area contributed by atoms with E-state index in [2.05, 4.69) is 4.98 Å². The third kappa shape index (κ3) is 2.57. The van der Waals surface area contributed by atoms with Crippen molar-refractivity contribution < 1.29 is 13.0 Å². The molecule has 1 N–H and O–H groups in total. The van der Waals surface area contributed by atoms with E-state index in [4.69, 9.17) is 16.2 Å². The molecule has 7 heteroatoms. The quantitative estimate of drug-likeness (QED) is 0.474. The van der Waals surface area contributed by atoms with Crippen LogP contribution in [0.25, 0.3) is 10.9 Å². The first-order chi connectivity index (χ1) is 6.98. The van der Waals surface area contributed by atoms with Gasteiger partial charge in [-0.15, -0.1) is 0 Å². The molecule has 0 unspecified atom stereocenters. The van der Waals surface area contributed by atoms with Crippen LogP contribution in [0.2, 0.25) is 5.15 Å². The molecule has 2 aromatic rings. The van der Waals surface area contributed by atoms with Gasteiger partial charge in [0.1, 0.15) is 4.90 Å². The summed E-state index contributed by atoms with van der Waals surface area (Å²) in [7, 11) is -4.32. The topological polar surface area (TPSA) is 67.3 Å². The number of para-hydroxylation sites is 1. The van der Waals surface area contributed by atoms with Crippen LogP contribution in [0.3, 0.4) is 0 Å². The van der Waals surface area contributed by atoms with Crippen LogP contribution in [0.15, 0.2) is 35.2 Å². The SMILES string of the molecule is O=S(=O)(O)c1cc2ccccc2nc1Cl.[LiH]. The summed E-state index contributed by atoms with van der Waals surface area (Å²) in [5.41, 5.74) is 0.579. The molecule has 0 aliphatic carbocycles. The summed E-state index contributed by atoms with van der Waals surface area (Å²) in [6, 6.07) is 8.19. The van der Waals surface area contributed by atoms with Gasteiger partial charge in [-0.2, -0.15) is 8.42 Å². The maximum atomic E-state index is 10.9. The Kier molecular flexibility index (Phi) is 4.00. The first-order valence-electron chi connectivity index (χ1n) is 4.01. The van der Waals surface area contributed by atoms with Crippen molar-refractivity contribution in [3.05, 3.63) is 35.5 Å². The average Bonchev–Trinajstić information content (AvgIpc) is 2.15. The molecule has 0 aliphatic heterocycles. The van der Waals surface area contributed by atoms with Crippen molar-refractivity contribution in [2.45, 2.75) is 4.90 Å². The molecule has 2 rings (SSSR count). The van der Waals surface area contributed by atoms with Crippen molar-refractivity contribution in [1.29, 1.82) is 0 Å². The summed E-state index contributed by atoms with van der Waals surface area (Å²) in [5.74, 6) is 0. The predicted octanol–water partition coefficient (Wildman–Crippen LogP) is 1.49. The molecule has 0 saturated carbocycles. The Morgan fingerprint density at radius 2 is 1.88 bits per heavy atom. The molecule has 0 spiro atoms. The Morgan fingerprint density at radius 1 is 1.25 bits per heavy atom. The van der Waals surface area contributed by atoms with Gasteiger partial charge < -0.3 is 0 Å². The second-order valence-corrected chi connectivity index (χ2v) is 4.69. The first-order valence-corrected chi connectivity index (χ1v) is 5.83. The van der Waals surface area contributed by atoms with E-state index in [1.807, 2.05) is 0 Å². The summed E-state index contributed by atoms with van der Waals surface area (Å²) < 4.78 is 30.7. The minimum absolute atomic E-state index is 0. The number of halogens is 1. The summed E-state index contributed by atoms with van der Waals surface area (Å²) in [6.07, 6.45) is 0. The molecule has 1 aromatic heterocycles. The number of hydrogen-bond donors (Lipinski definition) is 1. The molecule has 1 heterocycles. The Balaban J connectivity index is 0.00000128. The third-order valence-electron chi connectivity index (χ3n) is 1.92. The fraction of sp³-hybridized carbons (Fsp3) is 0. The van der Waals surface area contributed by atoms with E-state index in [0.717, 1.165) is 0 Å². The van der Waals surface area contributed by atoms with Gasteiger partial charge >= 0.3 is 18.9 Å². The number of fused-ring (bicyclic) bond motifs is 1. The van der Waals surface area contributed by atoms with E-state index in [0.29, 0.717) is 10.9 Å². The van der Waals surface area contributed by atoms with Crippen molar-refractivity contribution in [2.24, 2.45) is 0 Å². The second kappa shape index (κ2) is 4.74. The first kappa shape index (κ1) is 13.5. The predicted molar refractivity (Wildman–Crippen MR) is 63.7 cm³/mol. The van der Waals surface area contributed by atoms with Gasteiger partial charge in [0.15, 0.2) is 5.15 Å². The average molecular weight is 252 g/mol. The Morgan fingerprint density at radius 3 is 2.50 bits per heavy atom. The second-order valence-electron chi connectivity index (χ2n) is 2.95. The van der Waals surface area contributed by atoms with Crippen LogP contribution in [0.5, 0.6) is 0 Å². The van der Waals surface area contributed by atoms with Crippen LogP contribution in [0, 0.1) is 0 Å². The molecular weight excluding hydrogens is 245 g/mol. The summed E-state index contributed by atoms with van der Waals surface area (Å²) >= 11 is 5.64. The number of benzene rings is 1. The third-order valence-corrected chi connectivity index (χ3v) is 3.19. The van der Waals surface area contributed by atoms with Crippen molar-refractivity contribution in [2.75, 3.05) is 0 Å². The van der Waals surface area contributed by atoms with Crippen molar-refractivity contribution >= 4 is 51.5 Å². The molecule has 0 fully saturated rings. The number of aromatic nitrogens is 1. The molecule has 0 bridgehead atoms. The molecule has 1 aromatic carbocycles. The zero-order valence-electron chi connectivity index (χ0n) is 7.38. The number of pyridine rings is 1. The zero-order chi connectivity index (χ0) is 11.1. The van der Waals surface area contributed by atoms with Gasteiger partial charge in [0, 0.05) is 5.39 Å². The molecule has 0 aliphatic rings. The van der Waals surface area contributed by atoms with Gasteiger partial charge in [-0.1, -0.05) is 29.8 Å². The number of rotatable bonds is 1. The van der Waals surface area contributed by atoms with Gasteiger partial charge in [-0.3, -0.25) is 4.55 Å². The van der Waals surface area contributed by atoms with E-state index < -0.39 is 10.1 Å². The van der Waals surface area contributed by atoms with Gasteiger partial charge in [0.25, 0.3) is 10.1 Å². The van der Waals surface area contributed by atoms with Crippen molar-refractivity contribution in [1.82, 2.24) is 4.98 Å².